The molecule has 0 aromatic heterocycles. The zero-order valence-corrected chi connectivity index (χ0v) is 16.7. The van der Waals surface area contributed by atoms with Crippen molar-refractivity contribution in [3.8, 4) is 0 Å². The fourth-order valence-corrected chi connectivity index (χ4v) is 2.55. The van der Waals surface area contributed by atoms with Crippen LogP contribution in [0.1, 0.15) is 15.9 Å². The van der Waals surface area contributed by atoms with Gasteiger partial charge >= 0.3 is 5.97 Å². The van der Waals surface area contributed by atoms with Crippen LogP contribution in [0.4, 0.5) is 22.7 Å². The van der Waals surface area contributed by atoms with Gasteiger partial charge in [0.15, 0.2) is 6.61 Å². The van der Waals surface area contributed by atoms with Crippen molar-refractivity contribution in [3.05, 3.63) is 67.8 Å². The highest BCUT2D eigenvalue weighted by Crippen LogP contribution is 2.24. The summed E-state index contributed by atoms with van der Waals surface area (Å²) in [6.45, 7) is 1.60. The van der Waals surface area contributed by atoms with Gasteiger partial charge in [0.2, 0.25) is 0 Å². The Bertz CT molecular complexity index is 1010. The number of hydrogen-bond donors (Lipinski definition) is 2. The second-order valence-corrected chi connectivity index (χ2v) is 6.29. The van der Waals surface area contributed by atoms with E-state index in [2.05, 4.69) is 10.6 Å². The lowest BCUT2D eigenvalue weighted by Crippen LogP contribution is -2.22. The van der Waals surface area contributed by atoms with E-state index >= 15 is 0 Å². The Morgan fingerprint density at radius 3 is 2.19 bits per heavy atom. The number of nitro benzene ring substituents is 2. The molecule has 1 amide bonds. The van der Waals surface area contributed by atoms with Gasteiger partial charge in [0.25, 0.3) is 17.3 Å². The summed E-state index contributed by atoms with van der Waals surface area (Å²) in [5, 5.41) is 27.2. The minimum atomic E-state index is -0.931. The van der Waals surface area contributed by atoms with Crippen molar-refractivity contribution in [2.75, 3.05) is 37.5 Å². The fourth-order valence-electron chi connectivity index (χ4n) is 2.55. The number of methoxy groups -OCH3 is 1. The third kappa shape index (κ3) is 6.47. The van der Waals surface area contributed by atoms with Gasteiger partial charge in [-0.15, -0.1) is 0 Å². The van der Waals surface area contributed by atoms with E-state index in [9.17, 15) is 29.8 Å². The first-order valence-electron chi connectivity index (χ1n) is 8.96. The van der Waals surface area contributed by atoms with Crippen molar-refractivity contribution in [2.24, 2.45) is 0 Å². The third-order valence-electron chi connectivity index (χ3n) is 4.08. The number of aryl methyl sites for hydroxylation is 1. The maximum absolute atomic E-state index is 12.4. The maximum atomic E-state index is 12.4. The molecular weight excluding hydrogens is 412 g/mol. The Kier molecular flexibility index (Phi) is 7.97. The van der Waals surface area contributed by atoms with Crippen LogP contribution in [0.15, 0.2) is 36.4 Å². The van der Waals surface area contributed by atoms with Crippen LogP contribution in [0.2, 0.25) is 0 Å². The number of esters is 1. The van der Waals surface area contributed by atoms with Crippen molar-refractivity contribution in [1.29, 1.82) is 0 Å². The Morgan fingerprint density at radius 2 is 1.61 bits per heavy atom. The van der Waals surface area contributed by atoms with Gasteiger partial charge in [0, 0.05) is 49.3 Å². The van der Waals surface area contributed by atoms with E-state index < -0.39 is 28.3 Å². The minimum absolute atomic E-state index is 0.107. The van der Waals surface area contributed by atoms with E-state index in [1.165, 1.54) is 37.4 Å². The van der Waals surface area contributed by atoms with Gasteiger partial charge in [-0.2, -0.15) is 0 Å². The molecule has 0 aliphatic carbocycles. The maximum Gasteiger partial charge on any atom is 0.341 e. The Hall–Kier alpha value is -4.06. The largest absolute Gasteiger partial charge is 0.452 e. The molecule has 0 saturated heterocycles. The van der Waals surface area contributed by atoms with Gasteiger partial charge in [-0.05, 0) is 24.6 Å². The molecule has 31 heavy (non-hydrogen) atoms. The molecule has 0 saturated carbocycles. The molecule has 12 heteroatoms. The number of hydrogen-bond acceptors (Lipinski definition) is 9. The number of amides is 1. The summed E-state index contributed by atoms with van der Waals surface area (Å²) < 4.78 is 9.91. The second-order valence-electron chi connectivity index (χ2n) is 6.29. The number of carbonyl (C=O) groups is 2. The van der Waals surface area contributed by atoms with Gasteiger partial charge in [0.05, 0.1) is 22.0 Å². The Balaban J connectivity index is 2.07. The first-order valence-corrected chi connectivity index (χ1v) is 8.96. The summed E-state index contributed by atoms with van der Waals surface area (Å²) in [7, 11) is 1.50. The number of non-ortho nitro benzene ring substituents is 2. The molecule has 0 atom stereocenters. The number of benzene rings is 2. The quantitative estimate of drug-likeness (QED) is 0.249. The second kappa shape index (κ2) is 10.6. The lowest BCUT2D eigenvalue weighted by molar-refractivity contribution is -0.385. The summed E-state index contributed by atoms with van der Waals surface area (Å²) in [6.07, 6.45) is 0. The molecule has 0 bridgehead atoms. The number of nitrogens with zero attached hydrogens (tertiary/aromatic N) is 2. The Labute approximate surface area is 176 Å². The van der Waals surface area contributed by atoms with Crippen molar-refractivity contribution >= 4 is 34.6 Å². The summed E-state index contributed by atoms with van der Waals surface area (Å²) in [4.78, 5) is 45.2. The van der Waals surface area contributed by atoms with Crippen LogP contribution in [-0.2, 0) is 14.3 Å². The average Bonchev–Trinajstić information content (AvgIpc) is 2.73. The Morgan fingerprint density at radius 1 is 1.00 bits per heavy atom. The number of rotatable bonds is 10. The zero-order valence-electron chi connectivity index (χ0n) is 16.7. The standard InChI is InChI=1S/C19H20N4O8/c1-12-9-13(22(26)27)3-5-16(12)21-18(24)11-31-19(25)15-10-14(23(28)29)4-6-17(15)20-7-8-30-2/h3-6,9-10,20H,7-8,11H2,1-2H3,(H,21,24). The topological polar surface area (TPSA) is 163 Å². The zero-order chi connectivity index (χ0) is 23.0. The normalized spacial score (nSPS) is 10.3. The first kappa shape index (κ1) is 23.2. The molecule has 0 radical (unpaired) electrons. The molecule has 0 heterocycles. The van der Waals surface area contributed by atoms with Crippen LogP contribution < -0.4 is 10.6 Å². The lowest BCUT2D eigenvalue weighted by atomic mass is 10.1. The summed E-state index contributed by atoms with van der Waals surface area (Å²) in [5.41, 5.74) is 0.529. The molecule has 0 unspecified atom stereocenters. The van der Waals surface area contributed by atoms with Crippen molar-refractivity contribution in [3.63, 3.8) is 0 Å². The number of nitro groups is 2. The molecule has 2 aromatic carbocycles. The fraction of sp³-hybridized carbons (Fsp3) is 0.263. The van der Waals surface area contributed by atoms with Crippen LogP contribution >= 0.6 is 0 Å². The third-order valence-corrected chi connectivity index (χ3v) is 4.08. The van der Waals surface area contributed by atoms with Gasteiger partial charge in [0.1, 0.15) is 0 Å². The van der Waals surface area contributed by atoms with E-state index in [0.29, 0.717) is 30.1 Å². The van der Waals surface area contributed by atoms with Gasteiger partial charge in [-0.1, -0.05) is 0 Å². The predicted molar refractivity (Wildman–Crippen MR) is 110 cm³/mol. The summed E-state index contributed by atoms with van der Waals surface area (Å²) >= 11 is 0. The molecule has 2 rings (SSSR count). The highest BCUT2D eigenvalue weighted by Gasteiger charge is 2.19. The minimum Gasteiger partial charge on any atom is -0.452 e. The predicted octanol–water partition coefficient (Wildman–Crippen LogP) is 2.67. The highest BCUT2D eigenvalue weighted by molar-refractivity contribution is 5.99. The van der Waals surface area contributed by atoms with Crippen LogP contribution in [0.3, 0.4) is 0 Å². The van der Waals surface area contributed by atoms with Crippen LogP contribution in [0.25, 0.3) is 0 Å². The van der Waals surface area contributed by atoms with Gasteiger partial charge < -0.3 is 20.1 Å². The van der Waals surface area contributed by atoms with E-state index in [0.717, 1.165) is 6.07 Å². The van der Waals surface area contributed by atoms with Crippen molar-refractivity contribution in [1.82, 2.24) is 0 Å². The smallest absolute Gasteiger partial charge is 0.341 e. The summed E-state index contributed by atoms with van der Waals surface area (Å²) in [5.74, 6) is -1.61. The molecule has 164 valence electrons. The molecule has 0 fully saturated rings. The molecule has 0 spiro atoms. The van der Waals surface area contributed by atoms with Crippen LogP contribution in [0, 0.1) is 27.2 Å². The van der Waals surface area contributed by atoms with Crippen molar-refractivity contribution < 1.29 is 28.9 Å². The van der Waals surface area contributed by atoms with E-state index in [1.54, 1.807) is 6.92 Å². The number of nitrogens with one attached hydrogen (secondary N) is 2. The molecule has 0 aliphatic rings. The number of anilines is 2. The van der Waals surface area contributed by atoms with E-state index in [1.807, 2.05) is 0 Å². The highest BCUT2D eigenvalue weighted by atomic mass is 16.6. The number of ether oxygens (including phenoxy) is 2. The van der Waals surface area contributed by atoms with E-state index in [-0.39, 0.29) is 16.9 Å². The monoisotopic (exact) mass is 432 g/mol. The molecular formula is C19H20N4O8. The molecule has 0 aliphatic heterocycles. The van der Waals surface area contributed by atoms with Gasteiger partial charge in [-0.3, -0.25) is 25.0 Å². The summed E-state index contributed by atoms with van der Waals surface area (Å²) in [6, 6.07) is 7.54. The first-order chi connectivity index (χ1) is 14.7. The number of carbonyl (C=O) groups excluding carboxylic acids is 2. The van der Waals surface area contributed by atoms with Gasteiger partial charge in [-0.25, -0.2) is 4.79 Å². The molecule has 2 N–H and O–H groups in total. The van der Waals surface area contributed by atoms with Crippen LogP contribution in [-0.4, -0.2) is 48.6 Å². The van der Waals surface area contributed by atoms with E-state index in [4.69, 9.17) is 9.47 Å². The lowest BCUT2D eigenvalue weighted by Gasteiger charge is -2.12. The molecule has 12 nitrogen and oxygen atoms in total. The SMILES string of the molecule is COCCNc1ccc([N+](=O)[O-])cc1C(=O)OCC(=O)Nc1ccc([N+](=O)[O-])cc1C. The van der Waals surface area contributed by atoms with Crippen molar-refractivity contribution in [2.45, 2.75) is 6.92 Å². The molecule has 2 aromatic rings. The van der Waals surface area contributed by atoms with Crippen LogP contribution in [0.5, 0.6) is 0 Å². The average molecular weight is 432 g/mol.